The Hall–Kier alpha value is -1.81. The van der Waals surface area contributed by atoms with E-state index < -0.39 is 5.91 Å². The lowest BCUT2D eigenvalue weighted by Gasteiger charge is -2.16. The number of hydrogen-bond donors (Lipinski definition) is 0. The van der Waals surface area contributed by atoms with E-state index in [0.29, 0.717) is 24.5 Å². The summed E-state index contributed by atoms with van der Waals surface area (Å²) in [7, 11) is 0. The fraction of sp³-hybridized carbons (Fsp3) is 0.375. The van der Waals surface area contributed by atoms with E-state index in [1.807, 2.05) is 20.8 Å². The van der Waals surface area contributed by atoms with Gasteiger partial charge in [-0.05, 0) is 30.5 Å². The lowest BCUT2D eigenvalue weighted by Crippen LogP contribution is -2.34. The highest BCUT2D eigenvalue weighted by Crippen LogP contribution is 2.32. The number of rotatable bonds is 5. The molecule has 0 aliphatic carbocycles. The summed E-state index contributed by atoms with van der Waals surface area (Å²) in [6.45, 7) is 6.74. The third-order valence-electron chi connectivity index (χ3n) is 3.11. The van der Waals surface area contributed by atoms with Gasteiger partial charge in [0.25, 0.3) is 11.8 Å². The number of carbonyl (C=O) groups is 2. The first-order chi connectivity index (χ1) is 9.95. The molecular weight excluding hydrogens is 290 g/mol. The Bertz CT molecular complexity index is 590. The first kappa shape index (κ1) is 15.6. The summed E-state index contributed by atoms with van der Waals surface area (Å²) in [5.74, 6) is 0.165. The number of amides is 2. The zero-order valence-corrected chi connectivity index (χ0v) is 13.1. The van der Waals surface area contributed by atoms with Gasteiger partial charge in [0, 0.05) is 6.54 Å². The van der Waals surface area contributed by atoms with E-state index in [0.717, 1.165) is 0 Å². The molecule has 0 unspecified atom stereocenters. The smallest absolute Gasteiger partial charge is 0.273 e. The quantitative estimate of drug-likeness (QED) is 0.785. The second kappa shape index (κ2) is 6.31. The summed E-state index contributed by atoms with van der Waals surface area (Å²) >= 11 is 6.07. The first-order valence-electron chi connectivity index (χ1n) is 6.94. The zero-order valence-electron chi connectivity index (χ0n) is 12.4. The van der Waals surface area contributed by atoms with Crippen molar-refractivity contribution in [3.05, 3.63) is 34.9 Å². The van der Waals surface area contributed by atoms with Gasteiger partial charge in [-0.2, -0.15) is 0 Å². The van der Waals surface area contributed by atoms with Crippen LogP contribution in [0.1, 0.15) is 26.3 Å². The van der Waals surface area contributed by atoms with E-state index in [1.165, 1.54) is 4.90 Å². The molecule has 5 heteroatoms. The van der Waals surface area contributed by atoms with Crippen LogP contribution in [0, 0.1) is 5.92 Å². The van der Waals surface area contributed by atoms with Gasteiger partial charge in [0.05, 0.1) is 12.2 Å². The topological polar surface area (TPSA) is 46.6 Å². The van der Waals surface area contributed by atoms with E-state index in [1.54, 1.807) is 24.3 Å². The Kier molecular flexibility index (Phi) is 4.68. The Balaban J connectivity index is 2.30. The minimum absolute atomic E-state index is 0.00944. The number of halogens is 1. The molecule has 0 radical (unpaired) electrons. The number of hydrogen-bond acceptors (Lipinski definition) is 3. The van der Waals surface area contributed by atoms with Crippen LogP contribution in [0.3, 0.4) is 0 Å². The van der Waals surface area contributed by atoms with Crippen LogP contribution in [0.4, 0.5) is 0 Å². The van der Waals surface area contributed by atoms with Crippen LogP contribution in [-0.4, -0.2) is 29.9 Å². The largest absolute Gasteiger partial charge is 0.494 e. The molecule has 2 amide bonds. The molecule has 2 rings (SSSR count). The van der Waals surface area contributed by atoms with Gasteiger partial charge in [0.15, 0.2) is 0 Å². The SMILES string of the molecule is CCOc1ccc(C2=C(Cl)C(=O)N(CC(C)C)C2=O)cc1. The second-order valence-electron chi connectivity index (χ2n) is 5.26. The average Bonchev–Trinajstić information content (AvgIpc) is 2.64. The maximum atomic E-state index is 12.4. The second-order valence-corrected chi connectivity index (χ2v) is 5.64. The van der Waals surface area contributed by atoms with E-state index >= 15 is 0 Å². The molecule has 1 aromatic carbocycles. The summed E-state index contributed by atoms with van der Waals surface area (Å²) in [4.78, 5) is 25.7. The molecule has 1 heterocycles. The lowest BCUT2D eigenvalue weighted by atomic mass is 10.1. The number of benzene rings is 1. The van der Waals surface area contributed by atoms with Crippen LogP contribution in [-0.2, 0) is 9.59 Å². The van der Waals surface area contributed by atoms with Crippen molar-refractivity contribution in [2.24, 2.45) is 5.92 Å². The molecular formula is C16H18ClNO3. The molecule has 1 aromatic rings. The Morgan fingerprint density at radius 1 is 1.14 bits per heavy atom. The highest BCUT2D eigenvalue weighted by Gasteiger charge is 2.38. The van der Waals surface area contributed by atoms with Crippen molar-refractivity contribution in [2.45, 2.75) is 20.8 Å². The van der Waals surface area contributed by atoms with Crippen molar-refractivity contribution in [1.29, 1.82) is 0 Å². The summed E-state index contributed by atoms with van der Waals surface area (Å²) in [5, 5.41) is -0.00944. The van der Waals surface area contributed by atoms with Gasteiger partial charge in [-0.3, -0.25) is 14.5 Å². The monoisotopic (exact) mass is 307 g/mol. The summed E-state index contributed by atoms with van der Waals surface area (Å²) < 4.78 is 5.36. The van der Waals surface area contributed by atoms with Crippen molar-refractivity contribution < 1.29 is 14.3 Å². The highest BCUT2D eigenvalue weighted by atomic mass is 35.5. The molecule has 112 valence electrons. The number of nitrogens with zero attached hydrogens (tertiary/aromatic N) is 1. The third-order valence-corrected chi connectivity index (χ3v) is 3.46. The van der Waals surface area contributed by atoms with Crippen molar-refractivity contribution in [1.82, 2.24) is 4.90 Å². The summed E-state index contributed by atoms with van der Waals surface area (Å²) in [5.41, 5.74) is 0.901. The number of ether oxygens (including phenoxy) is 1. The predicted octanol–water partition coefficient (Wildman–Crippen LogP) is 3.06. The van der Waals surface area contributed by atoms with E-state index in [4.69, 9.17) is 16.3 Å². The maximum Gasteiger partial charge on any atom is 0.273 e. The standard InChI is InChI=1S/C16H18ClNO3/c1-4-21-12-7-5-11(6-8-12)13-14(17)16(20)18(15(13)19)9-10(2)3/h5-8,10H,4,9H2,1-3H3. The van der Waals surface area contributed by atoms with Crippen LogP contribution in [0.2, 0.25) is 0 Å². The summed E-state index contributed by atoms with van der Waals surface area (Å²) in [6, 6.07) is 7.01. The van der Waals surface area contributed by atoms with Crippen LogP contribution < -0.4 is 4.74 Å². The lowest BCUT2D eigenvalue weighted by molar-refractivity contribution is -0.137. The van der Waals surface area contributed by atoms with Gasteiger partial charge in [-0.1, -0.05) is 37.6 Å². The third kappa shape index (κ3) is 3.10. The molecule has 0 saturated heterocycles. The minimum atomic E-state index is -0.417. The van der Waals surface area contributed by atoms with Gasteiger partial charge in [-0.15, -0.1) is 0 Å². The molecule has 0 N–H and O–H groups in total. The van der Waals surface area contributed by atoms with Gasteiger partial charge in [-0.25, -0.2) is 0 Å². The first-order valence-corrected chi connectivity index (χ1v) is 7.32. The number of imide groups is 1. The maximum absolute atomic E-state index is 12.4. The Labute approximate surface area is 129 Å². The van der Waals surface area contributed by atoms with Crippen LogP contribution in [0.15, 0.2) is 29.3 Å². The fourth-order valence-corrected chi connectivity index (χ4v) is 2.50. The highest BCUT2D eigenvalue weighted by molar-refractivity contribution is 6.55. The Morgan fingerprint density at radius 2 is 1.76 bits per heavy atom. The van der Waals surface area contributed by atoms with Crippen LogP contribution in [0.5, 0.6) is 5.75 Å². The van der Waals surface area contributed by atoms with Gasteiger partial charge in [0.2, 0.25) is 0 Å². The normalized spacial score (nSPS) is 15.4. The Morgan fingerprint density at radius 3 is 2.29 bits per heavy atom. The molecule has 4 nitrogen and oxygen atoms in total. The predicted molar refractivity (Wildman–Crippen MR) is 81.9 cm³/mol. The van der Waals surface area contributed by atoms with Crippen molar-refractivity contribution in [2.75, 3.05) is 13.2 Å². The molecule has 1 aliphatic heterocycles. The molecule has 0 saturated carbocycles. The van der Waals surface area contributed by atoms with Gasteiger partial charge < -0.3 is 4.74 Å². The van der Waals surface area contributed by atoms with Gasteiger partial charge >= 0.3 is 0 Å². The average molecular weight is 308 g/mol. The molecule has 1 aliphatic rings. The molecule has 0 bridgehead atoms. The molecule has 0 atom stereocenters. The summed E-state index contributed by atoms with van der Waals surface area (Å²) in [6.07, 6.45) is 0. The molecule has 0 spiro atoms. The van der Waals surface area contributed by atoms with E-state index in [2.05, 4.69) is 0 Å². The van der Waals surface area contributed by atoms with Crippen molar-refractivity contribution in [3.8, 4) is 5.75 Å². The minimum Gasteiger partial charge on any atom is -0.494 e. The van der Waals surface area contributed by atoms with Crippen molar-refractivity contribution >= 4 is 29.0 Å². The van der Waals surface area contributed by atoms with E-state index in [9.17, 15) is 9.59 Å². The van der Waals surface area contributed by atoms with Crippen molar-refractivity contribution in [3.63, 3.8) is 0 Å². The molecule has 21 heavy (non-hydrogen) atoms. The van der Waals surface area contributed by atoms with Crippen LogP contribution >= 0.6 is 11.6 Å². The van der Waals surface area contributed by atoms with Crippen LogP contribution in [0.25, 0.3) is 5.57 Å². The fourth-order valence-electron chi connectivity index (χ4n) is 2.21. The van der Waals surface area contributed by atoms with Gasteiger partial charge in [0.1, 0.15) is 10.8 Å². The molecule has 0 fully saturated rings. The zero-order chi connectivity index (χ0) is 15.6. The number of carbonyl (C=O) groups excluding carboxylic acids is 2. The molecule has 0 aromatic heterocycles. The van der Waals surface area contributed by atoms with E-state index in [-0.39, 0.29) is 22.4 Å².